The Morgan fingerprint density at radius 2 is 2.11 bits per heavy atom. The maximum absolute atomic E-state index is 11.6. The molecule has 4 heteroatoms. The van der Waals surface area contributed by atoms with Crippen LogP contribution < -0.4 is 5.73 Å². The standard InChI is InChI=1S/C14H22N2O2/c1-3-4-5-12(2)11-18-14(17)10-16-8-6-13(15)7-9-16/h3-5,13H,1-2,6-11,15H2/b5-4-. The lowest BCUT2D eigenvalue weighted by Crippen LogP contribution is -2.42. The molecule has 0 amide bonds. The van der Waals surface area contributed by atoms with Crippen molar-refractivity contribution in [3.05, 3.63) is 37.0 Å². The lowest BCUT2D eigenvalue weighted by Gasteiger charge is -2.29. The van der Waals surface area contributed by atoms with E-state index in [9.17, 15) is 4.79 Å². The van der Waals surface area contributed by atoms with Gasteiger partial charge >= 0.3 is 5.97 Å². The first-order chi connectivity index (χ1) is 8.61. The number of carbonyl (C=O) groups excluding carboxylic acids is 1. The Morgan fingerprint density at radius 1 is 1.44 bits per heavy atom. The average Bonchev–Trinajstić information content (AvgIpc) is 2.36. The first-order valence-corrected chi connectivity index (χ1v) is 6.22. The van der Waals surface area contributed by atoms with Crippen LogP contribution in [0.3, 0.4) is 0 Å². The number of hydrogen-bond acceptors (Lipinski definition) is 4. The van der Waals surface area contributed by atoms with E-state index in [0.29, 0.717) is 6.54 Å². The minimum Gasteiger partial charge on any atom is -0.460 e. The van der Waals surface area contributed by atoms with Crippen molar-refractivity contribution in [2.75, 3.05) is 26.2 Å². The van der Waals surface area contributed by atoms with Gasteiger partial charge in [0, 0.05) is 19.1 Å². The molecule has 0 aromatic rings. The summed E-state index contributed by atoms with van der Waals surface area (Å²) in [5.74, 6) is -0.210. The first-order valence-electron chi connectivity index (χ1n) is 6.22. The Kier molecular flexibility index (Phi) is 6.39. The highest BCUT2D eigenvalue weighted by molar-refractivity contribution is 5.71. The van der Waals surface area contributed by atoms with Crippen molar-refractivity contribution >= 4 is 5.97 Å². The van der Waals surface area contributed by atoms with Crippen LogP contribution in [-0.4, -0.2) is 43.2 Å². The fourth-order valence-electron chi connectivity index (χ4n) is 1.76. The number of piperidine rings is 1. The molecule has 1 rings (SSSR count). The van der Waals surface area contributed by atoms with E-state index < -0.39 is 0 Å². The van der Waals surface area contributed by atoms with Gasteiger partial charge in [-0.25, -0.2) is 0 Å². The molecule has 0 aromatic heterocycles. The second-order valence-corrected chi connectivity index (χ2v) is 4.53. The third-order valence-electron chi connectivity index (χ3n) is 2.87. The van der Waals surface area contributed by atoms with Crippen LogP contribution in [0.4, 0.5) is 0 Å². The number of hydrogen-bond donors (Lipinski definition) is 1. The Morgan fingerprint density at radius 3 is 2.72 bits per heavy atom. The zero-order valence-electron chi connectivity index (χ0n) is 10.8. The van der Waals surface area contributed by atoms with Gasteiger partial charge in [-0.15, -0.1) is 0 Å². The summed E-state index contributed by atoms with van der Waals surface area (Å²) in [4.78, 5) is 13.7. The number of likely N-dealkylation sites (tertiary alicyclic amines) is 1. The fourth-order valence-corrected chi connectivity index (χ4v) is 1.76. The summed E-state index contributed by atoms with van der Waals surface area (Å²) in [5, 5.41) is 0. The number of carbonyl (C=O) groups is 1. The summed E-state index contributed by atoms with van der Waals surface area (Å²) in [6, 6.07) is 0.279. The third-order valence-corrected chi connectivity index (χ3v) is 2.87. The molecule has 18 heavy (non-hydrogen) atoms. The molecule has 0 radical (unpaired) electrons. The van der Waals surface area contributed by atoms with Crippen LogP contribution in [0.5, 0.6) is 0 Å². The SMILES string of the molecule is C=C/C=C\C(=C)COC(=O)CN1CCC(N)CC1. The monoisotopic (exact) mass is 250 g/mol. The summed E-state index contributed by atoms with van der Waals surface area (Å²) in [6.07, 6.45) is 7.09. The third kappa shape index (κ3) is 5.80. The number of rotatable bonds is 6. The molecule has 1 aliphatic heterocycles. The number of esters is 1. The van der Waals surface area contributed by atoms with Gasteiger partial charge in [-0.05, 0) is 18.4 Å². The second-order valence-electron chi connectivity index (χ2n) is 4.53. The lowest BCUT2D eigenvalue weighted by atomic mass is 10.1. The highest BCUT2D eigenvalue weighted by Crippen LogP contribution is 2.07. The fraction of sp³-hybridized carbons (Fsp3) is 0.500. The molecule has 1 saturated heterocycles. The van der Waals surface area contributed by atoms with Crippen molar-refractivity contribution in [1.29, 1.82) is 0 Å². The molecule has 1 heterocycles. The van der Waals surface area contributed by atoms with Gasteiger partial charge in [0.15, 0.2) is 0 Å². The van der Waals surface area contributed by atoms with Crippen molar-refractivity contribution in [2.24, 2.45) is 5.73 Å². The smallest absolute Gasteiger partial charge is 0.320 e. The maximum atomic E-state index is 11.6. The molecule has 0 saturated carbocycles. The van der Waals surface area contributed by atoms with Crippen molar-refractivity contribution in [2.45, 2.75) is 18.9 Å². The molecule has 4 nitrogen and oxygen atoms in total. The van der Waals surface area contributed by atoms with Gasteiger partial charge in [0.1, 0.15) is 6.61 Å². The van der Waals surface area contributed by atoms with E-state index in [1.165, 1.54) is 0 Å². The molecular weight excluding hydrogens is 228 g/mol. The van der Waals surface area contributed by atoms with Crippen molar-refractivity contribution in [3.63, 3.8) is 0 Å². The van der Waals surface area contributed by atoms with Gasteiger partial charge in [0.25, 0.3) is 0 Å². The molecule has 1 aliphatic rings. The quantitative estimate of drug-likeness (QED) is 0.569. The highest BCUT2D eigenvalue weighted by Gasteiger charge is 2.18. The normalized spacial score (nSPS) is 17.8. The Balaban J connectivity index is 2.19. The van der Waals surface area contributed by atoms with Crippen LogP contribution in [0, 0.1) is 0 Å². The van der Waals surface area contributed by atoms with Gasteiger partial charge in [0.2, 0.25) is 0 Å². The molecule has 0 atom stereocenters. The number of allylic oxidation sites excluding steroid dienone is 2. The highest BCUT2D eigenvalue weighted by atomic mass is 16.5. The van der Waals surface area contributed by atoms with E-state index in [1.54, 1.807) is 18.2 Å². The van der Waals surface area contributed by atoms with E-state index in [4.69, 9.17) is 10.5 Å². The predicted molar refractivity (Wildman–Crippen MR) is 73.1 cm³/mol. The molecule has 0 unspecified atom stereocenters. The topological polar surface area (TPSA) is 55.6 Å². The molecule has 0 aromatic carbocycles. The number of nitrogens with zero attached hydrogens (tertiary/aromatic N) is 1. The zero-order valence-corrected chi connectivity index (χ0v) is 10.8. The molecule has 0 aliphatic carbocycles. The van der Waals surface area contributed by atoms with E-state index >= 15 is 0 Å². The summed E-state index contributed by atoms with van der Waals surface area (Å²) in [7, 11) is 0. The van der Waals surface area contributed by atoms with E-state index in [1.807, 2.05) is 0 Å². The Hall–Kier alpha value is -1.39. The molecule has 0 bridgehead atoms. The number of ether oxygens (including phenoxy) is 1. The molecule has 100 valence electrons. The minimum atomic E-state index is -0.210. The van der Waals surface area contributed by atoms with Crippen LogP contribution in [-0.2, 0) is 9.53 Å². The van der Waals surface area contributed by atoms with Crippen LogP contribution in [0.15, 0.2) is 37.0 Å². The van der Waals surface area contributed by atoms with Crippen LogP contribution in [0.25, 0.3) is 0 Å². The lowest BCUT2D eigenvalue weighted by molar-refractivity contribution is -0.144. The summed E-state index contributed by atoms with van der Waals surface area (Å²) >= 11 is 0. The molecule has 1 fully saturated rings. The van der Waals surface area contributed by atoms with E-state index in [0.717, 1.165) is 31.5 Å². The molecule has 2 N–H and O–H groups in total. The van der Waals surface area contributed by atoms with Crippen molar-refractivity contribution in [1.82, 2.24) is 4.90 Å². The Labute approximate surface area is 109 Å². The van der Waals surface area contributed by atoms with E-state index in [2.05, 4.69) is 18.1 Å². The maximum Gasteiger partial charge on any atom is 0.320 e. The van der Waals surface area contributed by atoms with Gasteiger partial charge in [-0.2, -0.15) is 0 Å². The van der Waals surface area contributed by atoms with Crippen molar-refractivity contribution < 1.29 is 9.53 Å². The number of nitrogens with two attached hydrogens (primary N) is 1. The van der Waals surface area contributed by atoms with Crippen LogP contribution in [0.1, 0.15) is 12.8 Å². The summed E-state index contributed by atoms with van der Waals surface area (Å²) in [6.45, 7) is 9.65. The minimum absolute atomic E-state index is 0.210. The second kappa shape index (κ2) is 7.84. The van der Waals surface area contributed by atoms with Gasteiger partial charge in [-0.1, -0.05) is 31.4 Å². The van der Waals surface area contributed by atoms with Crippen LogP contribution >= 0.6 is 0 Å². The van der Waals surface area contributed by atoms with Gasteiger partial charge < -0.3 is 10.5 Å². The van der Waals surface area contributed by atoms with Crippen LogP contribution in [0.2, 0.25) is 0 Å². The summed E-state index contributed by atoms with van der Waals surface area (Å²) in [5.41, 5.74) is 6.56. The van der Waals surface area contributed by atoms with Gasteiger partial charge in [0.05, 0.1) is 6.54 Å². The van der Waals surface area contributed by atoms with E-state index in [-0.39, 0.29) is 18.6 Å². The molecular formula is C14H22N2O2. The van der Waals surface area contributed by atoms with Gasteiger partial charge in [-0.3, -0.25) is 9.69 Å². The first kappa shape index (κ1) is 14.7. The average molecular weight is 250 g/mol. The summed E-state index contributed by atoms with van der Waals surface area (Å²) < 4.78 is 5.13. The zero-order chi connectivity index (χ0) is 13.4. The molecule has 0 spiro atoms. The van der Waals surface area contributed by atoms with Crippen molar-refractivity contribution in [3.8, 4) is 0 Å². The Bertz CT molecular complexity index is 329. The predicted octanol–water partition coefficient (Wildman–Crippen LogP) is 1.25. The largest absolute Gasteiger partial charge is 0.460 e.